The molecule has 1 aliphatic heterocycles. The Morgan fingerprint density at radius 1 is 0.950 bits per heavy atom. The Kier molecular flexibility index (Phi) is 3.14. The number of hydrogen-bond acceptors (Lipinski definition) is 1. The molecule has 0 N–H and O–H groups in total. The third kappa shape index (κ3) is 1.96. The maximum atomic E-state index is 6.06. The van der Waals surface area contributed by atoms with E-state index < -0.39 is 7.26 Å². The van der Waals surface area contributed by atoms with E-state index in [0.717, 1.165) is 12.1 Å². The Balaban J connectivity index is 2.25. The second-order valence-corrected chi connectivity index (χ2v) is 11.9. The van der Waals surface area contributed by atoms with Gasteiger partial charge in [-0.2, -0.15) is 0 Å². The van der Waals surface area contributed by atoms with Crippen LogP contribution < -0.4 is 10.0 Å². The summed E-state index contributed by atoms with van der Waals surface area (Å²) in [7, 11) is -1.66. The van der Waals surface area contributed by atoms with E-state index in [1.807, 2.05) is 0 Å². The Morgan fingerprint density at radius 3 is 2.30 bits per heavy atom. The van der Waals surface area contributed by atoms with Gasteiger partial charge in [0.15, 0.2) is 0 Å². The predicted molar refractivity (Wildman–Crippen MR) is 91.0 cm³/mol. The van der Waals surface area contributed by atoms with E-state index >= 15 is 0 Å². The van der Waals surface area contributed by atoms with Crippen molar-refractivity contribution < 1.29 is 4.74 Å². The van der Waals surface area contributed by atoms with Crippen molar-refractivity contribution in [2.24, 2.45) is 0 Å². The molecule has 0 fully saturated rings. The molecular weight excluding hydrogens is 263 g/mol. The monoisotopic (exact) mass is 286 g/mol. The van der Waals surface area contributed by atoms with Crippen LogP contribution in [-0.4, -0.2) is 18.2 Å². The molecule has 20 heavy (non-hydrogen) atoms. The molecule has 1 nitrogen and oxygen atoms in total. The first-order valence-electron chi connectivity index (χ1n) is 7.25. The van der Waals surface area contributed by atoms with Gasteiger partial charge in [-0.05, 0) is 0 Å². The Labute approximate surface area is 122 Å². The zero-order valence-electron chi connectivity index (χ0n) is 12.7. The summed E-state index contributed by atoms with van der Waals surface area (Å²) in [4.78, 5) is 0. The fourth-order valence-electron chi connectivity index (χ4n) is 2.96. The molecule has 2 aromatic rings. The molecule has 3 rings (SSSR count). The van der Waals surface area contributed by atoms with E-state index in [4.69, 9.17) is 4.74 Å². The second kappa shape index (κ2) is 4.60. The number of benzene rings is 2. The molecule has 106 valence electrons. The van der Waals surface area contributed by atoms with Gasteiger partial charge in [-0.3, -0.25) is 0 Å². The summed E-state index contributed by atoms with van der Waals surface area (Å²) in [5.41, 5.74) is 2.67. The average molecular weight is 286 g/mol. The topological polar surface area (TPSA) is 9.23 Å². The molecule has 0 bridgehead atoms. The van der Waals surface area contributed by atoms with Crippen molar-refractivity contribution >= 4 is 12.6 Å². The van der Waals surface area contributed by atoms with Gasteiger partial charge in [0.2, 0.25) is 0 Å². The van der Waals surface area contributed by atoms with Gasteiger partial charge in [0.1, 0.15) is 0 Å². The molecule has 1 heterocycles. The third-order valence-electron chi connectivity index (χ3n) is 4.83. The Hall–Kier alpha value is -1.33. The SMILES string of the molecule is CC(C)(C)[PH]1(C)COc2cccc(-c3ccccc3)c21. The molecule has 0 saturated carbocycles. The minimum absolute atomic E-state index is 0.295. The number of ether oxygens (including phenoxy) is 1. The first-order chi connectivity index (χ1) is 9.43. The van der Waals surface area contributed by atoms with Crippen molar-refractivity contribution in [3.63, 3.8) is 0 Å². The maximum absolute atomic E-state index is 6.06. The molecule has 2 aromatic carbocycles. The standard InChI is InChI=1S/C18H23OP/c1-18(2,3)20(4)13-19-16-12-8-11-15(17(16)20)14-9-6-5-7-10-14/h5-12,20H,13H2,1-4H3. The normalized spacial score (nSPS) is 18.2. The zero-order valence-corrected chi connectivity index (χ0v) is 13.7. The molecule has 0 spiro atoms. The summed E-state index contributed by atoms with van der Waals surface area (Å²) in [6, 6.07) is 17.2. The predicted octanol–water partition coefficient (Wildman–Crippen LogP) is 4.51. The van der Waals surface area contributed by atoms with Crippen LogP contribution in [0.3, 0.4) is 0 Å². The van der Waals surface area contributed by atoms with Crippen LogP contribution in [0.25, 0.3) is 11.1 Å². The first-order valence-corrected chi connectivity index (χ1v) is 9.96. The number of fused-ring (bicyclic) bond motifs is 1. The fraction of sp³-hybridized carbons (Fsp3) is 0.333. The van der Waals surface area contributed by atoms with Gasteiger partial charge in [-0.25, -0.2) is 0 Å². The average Bonchev–Trinajstić information content (AvgIpc) is 2.79. The minimum atomic E-state index is -1.66. The first kappa shape index (κ1) is 13.6. The van der Waals surface area contributed by atoms with E-state index in [2.05, 4.69) is 76.0 Å². The van der Waals surface area contributed by atoms with Crippen molar-refractivity contribution in [3.8, 4) is 16.9 Å². The van der Waals surface area contributed by atoms with E-state index in [-0.39, 0.29) is 0 Å². The van der Waals surface area contributed by atoms with Crippen LogP contribution in [0.15, 0.2) is 48.5 Å². The third-order valence-corrected chi connectivity index (χ3v) is 10.5. The van der Waals surface area contributed by atoms with Crippen LogP contribution >= 0.6 is 7.26 Å². The molecule has 0 atom stereocenters. The van der Waals surface area contributed by atoms with Gasteiger partial charge in [0, 0.05) is 0 Å². The van der Waals surface area contributed by atoms with Crippen molar-refractivity contribution in [2.45, 2.75) is 25.9 Å². The van der Waals surface area contributed by atoms with Crippen molar-refractivity contribution in [3.05, 3.63) is 48.5 Å². The Morgan fingerprint density at radius 2 is 1.65 bits per heavy atom. The molecule has 0 amide bonds. The fourth-order valence-corrected chi connectivity index (χ4v) is 6.26. The van der Waals surface area contributed by atoms with E-state index in [1.54, 1.807) is 0 Å². The molecule has 0 aromatic heterocycles. The molecule has 1 aliphatic rings. The number of hydrogen-bond donors (Lipinski definition) is 0. The van der Waals surface area contributed by atoms with Gasteiger partial charge in [0.05, 0.1) is 0 Å². The molecule has 0 aliphatic carbocycles. The van der Waals surface area contributed by atoms with Gasteiger partial charge >= 0.3 is 122 Å². The van der Waals surface area contributed by atoms with Gasteiger partial charge in [-0.1, -0.05) is 0 Å². The van der Waals surface area contributed by atoms with Crippen LogP contribution in [0.4, 0.5) is 0 Å². The summed E-state index contributed by atoms with van der Waals surface area (Å²) in [5.74, 6) is 1.11. The quantitative estimate of drug-likeness (QED) is 0.701. The van der Waals surface area contributed by atoms with Crippen LogP contribution in [0, 0.1) is 0 Å². The molecule has 2 heteroatoms. The van der Waals surface area contributed by atoms with Gasteiger partial charge in [-0.15, -0.1) is 0 Å². The molecular formula is C18H23OP. The summed E-state index contributed by atoms with van der Waals surface area (Å²) in [5, 5.41) is 1.79. The summed E-state index contributed by atoms with van der Waals surface area (Å²) < 4.78 is 6.06. The Bertz CT molecular complexity index is 628. The van der Waals surface area contributed by atoms with E-state index in [1.165, 1.54) is 16.4 Å². The van der Waals surface area contributed by atoms with Crippen molar-refractivity contribution in [2.75, 3.05) is 13.0 Å². The van der Waals surface area contributed by atoms with Gasteiger partial charge < -0.3 is 0 Å². The van der Waals surface area contributed by atoms with Crippen molar-refractivity contribution in [1.82, 2.24) is 0 Å². The summed E-state index contributed by atoms with van der Waals surface area (Å²) in [6.07, 6.45) is 0.898. The van der Waals surface area contributed by atoms with Crippen molar-refractivity contribution in [1.29, 1.82) is 0 Å². The molecule has 0 radical (unpaired) electrons. The molecule has 0 unspecified atom stereocenters. The van der Waals surface area contributed by atoms with E-state index in [9.17, 15) is 0 Å². The van der Waals surface area contributed by atoms with Gasteiger partial charge in [0.25, 0.3) is 0 Å². The van der Waals surface area contributed by atoms with Crippen LogP contribution in [0.1, 0.15) is 20.8 Å². The van der Waals surface area contributed by atoms with Crippen LogP contribution in [0.2, 0.25) is 0 Å². The summed E-state index contributed by atoms with van der Waals surface area (Å²) >= 11 is 0. The van der Waals surface area contributed by atoms with Crippen LogP contribution in [0.5, 0.6) is 5.75 Å². The number of rotatable bonds is 1. The summed E-state index contributed by atoms with van der Waals surface area (Å²) in [6.45, 7) is 9.55. The molecule has 0 saturated heterocycles. The van der Waals surface area contributed by atoms with E-state index in [0.29, 0.717) is 5.16 Å². The zero-order chi connectivity index (χ0) is 14.4. The second-order valence-electron chi connectivity index (χ2n) is 6.92. The van der Waals surface area contributed by atoms with Crippen LogP contribution in [-0.2, 0) is 0 Å².